The van der Waals surface area contributed by atoms with Crippen LogP contribution in [0.4, 0.5) is 5.69 Å². The largest absolute Gasteiger partial charge is 0.308 e. The number of nitrogens with zero attached hydrogens (tertiary/aromatic N) is 3. The summed E-state index contributed by atoms with van der Waals surface area (Å²) < 4.78 is 0. The number of amides is 1. The number of rotatable bonds is 8. The maximum absolute atomic E-state index is 13.4. The molecule has 1 atom stereocenters. The molecule has 0 saturated heterocycles. The van der Waals surface area contributed by atoms with E-state index in [2.05, 4.69) is 31.7 Å². The van der Waals surface area contributed by atoms with Gasteiger partial charge in [-0.25, -0.2) is 0 Å². The second kappa shape index (κ2) is 9.39. The normalized spacial score (nSPS) is 20.6. The first-order valence-corrected chi connectivity index (χ1v) is 10.7. The van der Waals surface area contributed by atoms with Crippen LogP contribution < -0.4 is 0 Å². The summed E-state index contributed by atoms with van der Waals surface area (Å²) >= 11 is 0. The van der Waals surface area contributed by atoms with Gasteiger partial charge >= 0.3 is 0 Å². The van der Waals surface area contributed by atoms with Gasteiger partial charge in [0.2, 0.25) is 0 Å². The van der Waals surface area contributed by atoms with Gasteiger partial charge in [0.1, 0.15) is 0 Å². The lowest BCUT2D eigenvalue weighted by molar-refractivity contribution is -0.384. The molecule has 2 aliphatic rings. The highest BCUT2D eigenvalue weighted by atomic mass is 16.6. The Morgan fingerprint density at radius 2 is 2.03 bits per heavy atom. The highest BCUT2D eigenvalue weighted by Crippen LogP contribution is 2.46. The van der Waals surface area contributed by atoms with Gasteiger partial charge in [-0.2, -0.15) is 0 Å². The van der Waals surface area contributed by atoms with Gasteiger partial charge in [0.05, 0.1) is 4.92 Å². The zero-order chi connectivity index (χ0) is 21.7. The second-order valence-electron chi connectivity index (χ2n) is 8.25. The number of non-ortho nitro benzene ring substituents is 1. The van der Waals surface area contributed by atoms with Gasteiger partial charge in [0, 0.05) is 35.4 Å². The van der Waals surface area contributed by atoms with Gasteiger partial charge in [-0.15, -0.1) is 0 Å². The molecule has 0 radical (unpaired) electrons. The molecular weight excluding hydrogens is 378 g/mol. The first kappa shape index (κ1) is 22.0. The summed E-state index contributed by atoms with van der Waals surface area (Å²) in [5.74, 6) is -0.176. The van der Waals surface area contributed by atoms with Gasteiger partial charge in [0.25, 0.3) is 11.6 Å². The van der Waals surface area contributed by atoms with E-state index in [9.17, 15) is 14.9 Å². The van der Waals surface area contributed by atoms with Crippen LogP contribution in [0, 0.1) is 15.5 Å². The Kier molecular flexibility index (Phi) is 6.87. The van der Waals surface area contributed by atoms with Crippen LogP contribution in [-0.2, 0) is 0 Å². The molecule has 0 bridgehead atoms. The molecule has 1 aromatic rings. The van der Waals surface area contributed by atoms with E-state index in [0.717, 1.165) is 44.6 Å². The molecule has 1 amide bonds. The van der Waals surface area contributed by atoms with Crippen LogP contribution >= 0.6 is 0 Å². The Balaban J connectivity index is 1.86. The van der Waals surface area contributed by atoms with E-state index >= 15 is 0 Å². The number of allylic oxidation sites excluding steroid dienone is 4. The van der Waals surface area contributed by atoms with E-state index in [1.807, 2.05) is 23.1 Å². The zero-order valence-corrected chi connectivity index (χ0v) is 18.1. The van der Waals surface area contributed by atoms with E-state index in [0.29, 0.717) is 12.1 Å². The molecule has 1 unspecified atom stereocenters. The van der Waals surface area contributed by atoms with Crippen LogP contribution in [0.1, 0.15) is 50.4 Å². The van der Waals surface area contributed by atoms with Gasteiger partial charge in [-0.05, 0) is 56.6 Å². The van der Waals surface area contributed by atoms with E-state index in [1.54, 1.807) is 12.1 Å². The molecule has 30 heavy (non-hydrogen) atoms. The standard InChI is InChI=1S/C24H31N3O3/c1-4-25(5-2)16-10-15-24(3)18-26(22-14-8-6-7-13-21(22)24)23(28)19-11-9-12-20(17-19)27(29)30/h6-9,11-12,14,17H,4-5,10,13,15-16,18H2,1-3H3. The number of carbonyl (C=O) groups is 1. The molecule has 3 rings (SSSR count). The van der Waals surface area contributed by atoms with Gasteiger partial charge in [-0.3, -0.25) is 14.9 Å². The maximum atomic E-state index is 13.4. The first-order chi connectivity index (χ1) is 14.4. The predicted molar refractivity (Wildman–Crippen MR) is 119 cm³/mol. The molecule has 0 spiro atoms. The smallest absolute Gasteiger partial charge is 0.270 e. The Labute approximate surface area is 178 Å². The summed E-state index contributed by atoms with van der Waals surface area (Å²) in [4.78, 5) is 28.3. The SMILES string of the molecule is CCN(CC)CCCC1(C)CN(C(=O)c2cccc([N+](=O)[O-])c2)C2=C1CC=CC=C2. The van der Waals surface area contributed by atoms with Crippen molar-refractivity contribution in [3.05, 3.63) is 75.5 Å². The summed E-state index contributed by atoms with van der Waals surface area (Å²) in [6.45, 7) is 10.4. The topological polar surface area (TPSA) is 66.7 Å². The fraction of sp³-hybridized carbons (Fsp3) is 0.458. The molecule has 1 aliphatic heterocycles. The van der Waals surface area contributed by atoms with Crippen LogP contribution in [0.2, 0.25) is 0 Å². The van der Waals surface area contributed by atoms with E-state index in [4.69, 9.17) is 0 Å². The van der Waals surface area contributed by atoms with Crippen molar-refractivity contribution in [3.8, 4) is 0 Å². The lowest BCUT2D eigenvalue weighted by Gasteiger charge is -2.29. The van der Waals surface area contributed by atoms with Crippen molar-refractivity contribution in [2.75, 3.05) is 26.2 Å². The highest BCUT2D eigenvalue weighted by Gasteiger charge is 2.42. The molecule has 1 aromatic carbocycles. The third kappa shape index (κ3) is 4.54. The fourth-order valence-corrected chi connectivity index (χ4v) is 4.51. The number of hydrogen-bond donors (Lipinski definition) is 0. The molecule has 6 nitrogen and oxygen atoms in total. The predicted octanol–water partition coefficient (Wildman–Crippen LogP) is 4.95. The van der Waals surface area contributed by atoms with Crippen LogP contribution in [0.5, 0.6) is 0 Å². The molecule has 0 fully saturated rings. The van der Waals surface area contributed by atoms with Crippen molar-refractivity contribution in [1.29, 1.82) is 0 Å². The van der Waals surface area contributed by atoms with Crippen molar-refractivity contribution >= 4 is 11.6 Å². The molecular formula is C24H31N3O3. The van der Waals surface area contributed by atoms with Crippen LogP contribution in [-0.4, -0.2) is 46.8 Å². The Morgan fingerprint density at radius 1 is 1.27 bits per heavy atom. The molecule has 0 saturated carbocycles. The number of nitro benzene ring substituents is 1. The number of hydrogen-bond acceptors (Lipinski definition) is 4. The average molecular weight is 410 g/mol. The molecule has 160 valence electrons. The van der Waals surface area contributed by atoms with Gasteiger partial charge in [0.15, 0.2) is 0 Å². The monoisotopic (exact) mass is 409 g/mol. The Hall–Kier alpha value is -2.73. The van der Waals surface area contributed by atoms with Crippen molar-refractivity contribution < 1.29 is 9.72 Å². The Morgan fingerprint density at radius 3 is 2.73 bits per heavy atom. The highest BCUT2D eigenvalue weighted by molar-refractivity contribution is 5.96. The lowest BCUT2D eigenvalue weighted by Crippen LogP contribution is -2.33. The second-order valence-corrected chi connectivity index (χ2v) is 8.25. The zero-order valence-electron chi connectivity index (χ0n) is 18.1. The van der Waals surface area contributed by atoms with Gasteiger partial charge < -0.3 is 9.80 Å². The minimum atomic E-state index is -0.460. The summed E-state index contributed by atoms with van der Waals surface area (Å²) in [6.07, 6.45) is 11.0. The first-order valence-electron chi connectivity index (χ1n) is 10.7. The minimum absolute atomic E-state index is 0.0608. The minimum Gasteiger partial charge on any atom is -0.308 e. The van der Waals surface area contributed by atoms with Crippen LogP contribution in [0.25, 0.3) is 0 Å². The third-order valence-electron chi connectivity index (χ3n) is 6.31. The molecule has 0 aromatic heterocycles. The molecule has 0 N–H and O–H groups in total. The van der Waals surface area contributed by atoms with E-state index < -0.39 is 4.92 Å². The Bertz CT molecular complexity index is 899. The number of benzene rings is 1. The molecule has 6 heteroatoms. The maximum Gasteiger partial charge on any atom is 0.270 e. The number of carbonyl (C=O) groups excluding carboxylic acids is 1. The third-order valence-corrected chi connectivity index (χ3v) is 6.31. The van der Waals surface area contributed by atoms with Crippen molar-refractivity contribution in [2.24, 2.45) is 5.41 Å². The fourth-order valence-electron chi connectivity index (χ4n) is 4.51. The summed E-state index contributed by atoms with van der Waals surface area (Å²) in [5.41, 5.74) is 2.42. The molecule has 1 heterocycles. The van der Waals surface area contributed by atoms with Crippen molar-refractivity contribution in [3.63, 3.8) is 0 Å². The quantitative estimate of drug-likeness (QED) is 0.450. The summed E-state index contributed by atoms with van der Waals surface area (Å²) in [5, 5.41) is 11.1. The van der Waals surface area contributed by atoms with Crippen LogP contribution in [0.15, 0.2) is 59.8 Å². The van der Waals surface area contributed by atoms with Gasteiger partial charge in [-0.1, -0.05) is 45.1 Å². The van der Waals surface area contributed by atoms with E-state index in [1.165, 1.54) is 17.7 Å². The summed E-state index contributed by atoms with van der Waals surface area (Å²) in [6, 6.07) is 6.02. The average Bonchev–Trinajstić information content (AvgIpc) is 2.90. The lowest BCUT2D eigenvalue weighted by atomic mass is 9.78. The molecule has 1 aliphatic carbocycles. The number of nitro groups is 1. The van der Waals surface area contributed by atoms with Crippen molar-refractivity contribution in [2.45, 2.75) is 40.0 Å². The van der Waals surface area contributed by atoms with Crippen LogP contribution in [0.3, 0.4) is 0 Å². The summed E-state index contributed by atoms with van der Waals surface area (Å²) in [7, 11) is 0. The van der Waals surface area contributed by atoms with E-state index in [-0.39, 0.29) is 17.0 Å². The van der Waals surface area contributed by atoms with Crippen molar-refractivity contribution in [1.82, 2.24) is 9.80 Å².